The van der Waals surface area contributed by atoms with Crippen LogP contribution in [0.1, 0.15) is 46.6 Å². The second-order valence-electron chi connectivity index (χ2n) is 6.75. The minimum atomic E-state index is 0.0122. The minimum Gasteiger partial charge on any atom is -0.376 e. The van der Waals surface area contributed by atoms with Crippen LogP contribution in [0.4, 0.5) is 0 Å². The lowest BCUT2D eigenvalue weighted by molar-refractivity contribution is -0.0390. The van der Waals surface area contributed by atoms with Crippen LogP contribution in [0.3, 0.4) is 0 Å². The smallest absolute Gasteiger partial charge is 0.280 e. The SMILES string of the molecule is C[C@H]1CN2C[C@@H](NC(=O)c3nc4c(s3)CCCC4)C[C@H]2CO1. The first kappa shape index (κ1) is 14.6. The maximum absolute atomic E-state index is 12.5. The van der Waals surface area contributed by atoms with Crippen molar-refractivity contribution in [2.75, 3.05) is 19.7 Å². The first-order valence-corrected chi connectivity index (χ1v) is 9.16. The van der Waals surface area contributed by atoms with Crippen molar-refractivity contribution in [3.05, 3.63) is 15.6 Å². The zero-order valence-electron chi connectivity index (χ0n) is 13.0. The third kappa shape index (κ3) is 2.79. The van der Waals surface area contributed by atoms with Gasteiger partial charge in [-0.1, -0.05) is 0 Å². The highest BCUT2D eigenvalue weighted by Crippen LogP contribution is 2.27. The van der Waals surface area contributed by atoms with E-state index < -0.39 is 0 Å². The number of hydrogen-bond acceptors (Lipinski definition) is 5. The van der Waals surface area contributed by atoms with Gasteiger partial charge in [-0.25, -0.2) is 4.98 Å². The van der Waals surface area contributed by atoms with Gasteiger partial charge >= 0.3 is 0 Å². The standard InChI is InChI=1S/C16H23N3O2S/c1-10-7-19-8-11(6-12(19)9-21-10)17-15(20)16-18-13-4-2-3-5-14(13)22-16/h10-12H,2-9H2,1H3,(H,17,20)/t10-,11-,12-/m0/s1. The van der Waals surface area contributed by atoms with E-state index in [1.807, 2.05) is 0 Å². The molecule has 0 radical (unpaired) electrons. The molecule has 3 aliphatic rings. The number of nitrogens with one attached hydrogen (secondary N) is 1. The van der Waals surface area contributed by atoms with E-state index in [2.05, 4.69) is 22.1 Å². The number of morpholine rings is 1. The van der Waals surface area contributed by atoms with Gasteiger partial charge in [0, 0.05) is 30.1 Å². The molecule has 2 aliphatic heterocycles. The molecule has 2 saturated heterocycles. The van der Waals surface area contributed by atoms with Crippen LogP contribution in [-0.2, 0) is 17.6 Å². The maximum Gasteiger partial charge on any atom is 0.280 e. The summed E-state index contributed by atoms with van der Waals surface area (Å²) in [6, 6.07) is 0.693. The Morgan fingerprint density at radius 2 is 2.23 bits per heavy atom. The number of hydrogen-bond donors (Lipinski definition) is 1. The second-order valence-corrected chi connectivity index (χ2v) is 7.84. The highest BCUT2D eigenvalue weighted by Gasteiger charge is 2.37. The number of carbonyl (C=O) groups is 1. The molecule has 6 heteroatoms. The fraction of sp³-hybridized carbons (Fsp3) is 0.750. The zero-order chi connectivity index (χ0) is 15.1. The fourth-order valence-corrected chi connectivity index (χ4v) is 4.89. The number of thiazole rings is 1. The zero-order valence-corrected chi connectivity index (χ0v) is 13.8. The Morgan fingerprint density at radius 3 is 3.09 bits per heavy atom. The largest absolute Gasteiger partial charge is 0.376 e. The molecule has 0 aromatic carbocycles. The van der Waals surface area contributed by atoms with Crippen molar-refractivity contribution in [1.29, 1.82) is 0 Å². The van der Waals surface area contributed by atoms with E-state index >= 15 is 0 Å². The van der Waals surface area contributed by atoms with Crippen molar-refractivity contribution in [3.8, 4) is 0 Å². The van der Waals surface area contributed by atoms with E-state index in [-0.39, 0.29) is 11.9 Å². The van der Waals surface area contributed by atoms with Crippen LogP contribution in [0, 0.1) is 0 Å². The summed E-state index contributed by atoms with van der Waals surface area (Å²) in [7, 11) is 0. The van der Waals surface area contributed by atoms with Gasteiger partial charge in [0.05, 0.1) is 18.4 Å². The maximum atomic E-state index is 12.5. The van der Waals surface area contributed by atoms with Crippen LogP contribution in [0.2, 0.25) is 0 Å². The molecule has 3 heterocycles. The number of carbonyl (C=O) groups excluding carboxylic acids is 1. The Balaban J connectivity index is 1.39. The predicted octanol–water partition coefficient (Wildman–Crippen LogP) is 1.61. The Kier molecular flexibility index (Phi) is 3.92. The summed E-state index contributed by atoms with van der Waals surface area (Å²) in [4.78, 5) is 20.8. The number of aryl methyl sites for hydroxylation is 2. The monoisotopic (exact) mass is 321 g/mol. The molecule has 3 atom stereocenters. The molecule has 0 saturated carbocycles. The van der Waals surface area contributed by atoms with Gasteiger partial charge in [-0.15, -0.1) is 11.3 Å². The molecular weight excluding hydrogens is 298 g/mol. The molecule has 1 aromatic heterocycles. The predicted molar refractivity (Wildman–Crippen MR) is 85.4 cm³/mol. The quantitative estimate of drug-likeness (QED) is 0.899. The van der Waals surface area contributed by atoms with Gasteiger partial charge < -0.3 is 10.1 Å². The van der Waals surface area contributed by atoms with Crippen LogP contribution in [0.15, 0.2) is 0 Å². The number of rotatable bonds is 2. The fourth-order valence-electron chi connectivity index (χ4n) is 3.84. The van der Waals surface area contributed by atoms with E-state index in [1.165, 1.54) is 17.7 Å². The highest BCUT2D eigenvalue weighted by molar-refractivity contribution is 7.13. The number of nitrogens with zero attached hydrogens (tertiary/aromatic N) is 2. The summed E-state index contributed by atoms with van der Waals surface area (Å²) in [6.07, 6.45) is 5.85. The molecule has 0 unspecified atom stereocenters. The van der Waals surface area contributed by atoms with E-state index in [4.69, 9.17) is 4.74 Å². The third-order valence-electron chi connectivity index (χ3n) is 4.97. The van der Waals surface area contributed by atoms with Crippen LogP contribution >= 0.6 is 11.3 Å². The second kappa shape index (κ2) is 5.91. The van der Waals surface area contributed by atoms with Gasteiger partial charge in [0.1, 0.15) is 0 Å². The lowest BCUT2D eigenvalue weighted by Gasteiger charge is -2.33. The third-order valence-corrected chi connectivity index (χ3v) is 6.12. The Morgan fingerprint density at radius 1 is 1.36 bits per heavy atom. The molecular formula is C16H23N3O2S. The lowest BCUT2D eigenvalue weighted by Crippen LogP contribution is -2.45. The first-order chi connectivity index (χ1) is 10.7. The average Bonchev–Trinajstić information content (AvgIpc) is 3.09. The minimum absolute atomic E-state index is 0.0122. The topological polar surface area (TPSA) is 54.5 Å². The van der Waals surface area contributed by atoms with E-state index in [9.17, 15) is 4.79 Å². The van der Waals surface area contributed by atoms with Crippen molar-refractivity contribution in [1.82, 2.24) is 15.2 Å². The molecule has 4 rings (SSSR count). The Hall–Kier alpha value is -0.980. The highest BCUT2D eigenvalue weighted by atomic mass is 32.1. The molecule has 1 N–H and O–H groups in total. The molecule has 1 aliphatic carbocycles. The molecule has 120 valence electrons. The summed E-state index contributed by atoms with van der Waals surface area (Å²) >= 11 is 1.59. The molecule has 1 amide bonds. The van der Waals surface area contributed by atoms with Crippen molar-refractivity contribution in [3.63, 3.8) is 0 Å². The van der Waals surface area contributed by atoms with Gasteiger partial charge in [-0.3, -0.25) is 9.69 Å². The summed E-state index contributed by atoms with van der Waals surface area (Å²) in [5.41, 5.74) is 1.16. The summed E-state index contributed by atoms with van der Waals surface area (Å²) in [5, 5.41) is 3.84. The van der Waals surface area contributed by atoms with Crippen molar-refractivity contribution >= 4 is 17.2 Å². The molecule has 5 nitrogen and oxygen atoms in total. The van der Waals surface area contributed by atoms with Gasteiger partial charge in [-0.05, 0) is 39.0 Å². The number of aromatic nitrogens is 1. The summed E-state index contributed by atoms with van der Waals surface area (Å²) in [5.74, 6) is 0.0122. The molecule has 0 spiro atoms. The van der Waals surface area contributed by atoms with Gasteiger partial charge in [0.2, 0.25) is 0 Å². The number of ether oxygens (including phenoxy) is 1. The summed E-state index contributed by atoms with van der Waals surface area (Å²) < 4.78 is 5.72. The van der Waals surface area contributed by atoms with Crippen LogP contribution < -0.4 is 5.32 Å². The van der Waals surface area contributed by atoms with Crippen molar-refractivity contribution in [2.24, 2.45) is 0 Å². The average molecular weight is 321 g/mol. The van der Waals surface area contributed by atoms with E-state index in [0.29, 0.717) is 17.2 Å². The summed E-state index contributed by atoms with van der Waals surface area (Å²) in [6.45, 7) is 4.82. The van der Waals surface area contributed by atoms with Gasteiger partial charge in [0.25, 0.3) is 5.91 Å². The molecule has 2 fully saturated rings. The van der Waals surface area contributed by atoms with Crippen molar-refractivity contribution < 1.29 is 9.53 Å². The van der Waals surface area contributed by atoms with Crippen LogP contribution in [0.5, 0.6) is 0 Å². The van der Waals surface area contributed by atoms with Crippen molar-refractivity contribution in [2.45, 2.75) is 57.2 Å². The number of amides is 1. The lowest BCUT2D eigenvalue weighted by atomic mass is 10.0. The van der Waals surface area contributed by atoms with E-state index in [0.717, 1.165) is 44.7 Å². The molecule has 0 bridgehead atoms. The van der Waals surface area contributed by atoms with Gasteiger partial charge in [0.15, 0.2) is 5.01 Å². The Bertz CT molecular complexity index is 550. The first-order valence-electron chi connectivity index (χ1n) is 8.34. The van der Waals surface area contributed by atoms with Gasteiger partial charge in [-0.2, -0.15) is 0 Å². The molecule has 1 aromatic rings. The number of fused-ring (bicyclic) bond motifs is 2. The van der Waals surface area contributed by atoms with Crippen LogP contribution in [0.25, 0.3) is 0 Å². The normalized spacial score (nSPS) is 31.6. The Labute approximate surface area is 135 Å². The van der Waals surface area contributed by atoms with Crippen LogP contribution in [-0.4, -0.2) is 53.7 Å². The van der Waals surface area contributed by atoms with E-state index in [1.54, 1.807) is 11.3 Å². The molecule has 22 heavy (non-hydrogen) atoms.